The van der Waals surface area contributed by atoms with Crippen LogP contribution in [0.5, 0.6) is 5.75 Å². The van der Waals surface area contributed by atoms with Gasteiger partial charge in [-0.15, -0.1) is 0 Å². The van der Waals surface area contributed by atoms with Crippen LogP contribution in [-0.4, -0.2) is 34.2 Å². The first kappa shape index (κ1) is 16.6. The van der Waals surface area contributed by atoms with E-state index in [1.54, 1.807) is 18.2 Å². The van der Waals surface area contributed by atoms with Crippen LogP contribution in [0.4, 0.5) is 0 Å². The molecule has 2 atom stereocenters. The van der Waals surface area contributed by atoms with Crippen molar-refractivity contribution in [1.29, 1.82) is 0 Å². The molecule has 0 amide bonds. The molecule has 132 valence electrons. The van der Waals surface area contributed by atoms with Gasteiger partial charge in [-0.1, -0.05) is 30.3 Å². The highest BCUT2D eigenvalue weighted by Gasteiger charge is 2.36. The lowest BCUT2D eigenvalue weighted by molar-refractivity contribution is 0.177. The zero-order valence-electron chi connectivity index (χ0n) is 13.9. The maximum atomic E-state index is 12.6. The van der Waals surface area contributed by atoms with Gasteiger partial charge in [0.1, 0.15) is 11.9 Å². The average Bonchev–Trinajstić information content (AvgIpc) is 3.00. The molecule has 6 heteroatoms. The van der Waals surface area contributed by atoms with Crippen molar-refractivity contribution in [2.24, 2.45) is 0 Å². The zero-order valence-corrected chi connectivity index (χ0v) is 14.8. The molecule has 2 N–H and O–H groups in total. The van der Waals surface area contributed by atoms with Crippen molar-refractivity contribution >= 4 is 10.0 Å². The molecule has 0 saturated carbocycles. The van der Waals surface area contributed by atoms with E-state index < -0.39 is 10.0 Å². The standard InChI is InChI=1S/C19H22N2O3S/c22-25(23,21-11-8-14-4-2-1-3-5-14)15-6-7-18-17(12-15)16-9-10-20-13-19(16)24-18/h1-7,12,16,19-21H,8-11,13H2. The van der Waals surface area contributed by atoms with Crippen LogP contribution in [0.25, 0.3) is 0 Å². The van der Waals surface area contributed by atoms with Gasteiger partial charge >= 0.3 is 0 Å². The maximum absolute atomic E-state index is 12.6. The first-order valence-corrected chi connectivity index (χ1v) is 10.2. The van der Waals surface area contributed by atoms with Gasteiger partial charge in [0.05, 0.1) is 4.90 Å². The lowest BCUT2D eigenvalue weighted by Crippen LogP contribution is -2.39. The maximum Gasteiger partial charge on any atom is 0.240 e. The van der Waals surface area contributed by atoms with Gasteiger partial charge in [-0.25, -0.2) is 13.1 Å². The van der Waals surface area contributed by atoms with Crippen molar-refractivity contribution in [1.82, 2.24) is 10.0 Å². The van der Waals surface area contributed by atoms with Crippen LogP contribution in [-0.2, 0) is 16.4 Å². The lowest BCUT2D eigenvalue weighted by atomic mass is 9.90. The molecule has 2 unspecified atom stereocenters. The Hall–Kier alpha value is -1.89. The van der Waals surface area contributed by atoms with E-state index in [1.807, 2.05) is 30.3 Å². The first-order chi connectivity index (χ1) is 12.1. The minimum atomic E-state index is -3.51. The molecular weight excluding hydrogens is 336 g/mol. The summed E-state index contributed by atoms with van der Waals surface area (Å²) in [4.78, 5) is 0.321. The SMILES string of the molecule is O=S(=O)(NCCc1ccccc1)c1ccc2c(c1)C1CCNCC1O2. The Morgan fingerprint density at radius 1 is 1.16 bits per heavy atom. The zero-order chi connectivity index (χ0) is 17.3. The molecule has 5 nitrogen and oxygen atoms in total. The van der Waals surface area contributed by atoms with Gasteiger partial charge in [-0.05, 0) is 43.1 Å². The molecule has 1 fully saturated rings. The van der Waals surface area contributed by atoms with E-state index >= 15 is 0 Å². The lowest BCUT2D eigenvalue weighted by Gasteiger charge is -2.24. The Kier molecular flexibility index (Phi) is 4.50. The largest absolute Gasteiger partial charge is 0.488 e. The van der Waals surface area contributed by atoms with E-state index in [2.05, 4.69) is 10.0 Å². The van der Waals surface area contributed by atoms with Gasteiger partial charge < -0.3 is 10.1 Å². The molecule has 0 aliphatic carbocycles. The predicted octanol–water partition coefficient (Wildman–Crippen LogP) is 2.05. The van der Waals surface area contributed by atoms with Gasteiger partial charge in [0.25, 0.3) is 0 Å². The third-order valence-electron chi connectivity index (χ3n) is 4.94. The summed E-state index contributed by atoms with van der Waals surface area (Å²) in [5.41, 5.74) is 2.14. The molecule has 4 rings (SSSR count). The molecule has 2 aliphatic heterocycles. The van der Waals surface area contributed by atoms with Gasteiger partial charge in [0.2, 0.25) is 10.0 Å². The van der Waals surface area contributed by atoms with Crippen LogP contribution in [0.2, 0.25) is 0 Å². The Labute approximate surface area is 148 Å². The van der Waals surface area contributed by atoms with E-state index in [0.29, 0.717) is 17.9 Å². The van der Waals surface area contributed by atoms with Crippen molar-refractivity contribution in [3.05, 3.63) is 59.7 Å². The second kappa shape index (κ2) is 6.78. The number of nitrogens with one attached hydrogen (secondary N) is 2. The number of benzene rings is 2. The summed E-state index contributed by atoms with van der Waals surface area (Å²) >= 11 is 0. The third-order valence-corrected chi connectivity index (χ3v) is 6.40. The van der Waals surface area contributed by atoms with Gasteiger partial charge in [-0.2, -0.15) is 0 Å². The van der Waals surface area contributed by atoms with E-state index in [9.17, 15) is 8.42 Å². The topological polar surface area (TPSA) is 67.4 Å². The molecular formula is C19H22N2O3S. The molecule has 2 aromatic carbocycles. The molecule has 0 spiro atoms. The molecule has 1 saturated heterocycles. The van der Waals surface area contributed by atoms with Crippen molar-refractivity contribution in [3.63, 3.8) is 0 Å². The summed E-state index contributed by atoms with van der Waals surface area (Å²) in [6.07, 6.45) is 1.76. The second-order valence-electron chi connectivity index (χ2n) is 6.59. The molecule has 25 heavy (non-hydrogen) atoms. The van der Waals surface area contributed by atoms with Crippen LogP contribution in [0, 0.1) is 0 Å². The summed E-state index contributed by atoms with van der Waals surface area (Å²) in [6, 6.07) is 15.1. The second-order valence-corrected chi connectivity index (χ2v) is 8.36. The number of rotatable bonds is 5. The monoisotopic (exact) mass is 358 g/mol. The molecule has 2 aromatic rings. The molecule has 2 heterocycles. The molecule has 0 radical (unpaired) electrons. The van der Waals surface area contributed by atoms with Crippen molar-refractivity contribution in [2.75, 3.05) is 19.6 Å². The predicted molar refractivity (Wildman–Crippen MR) is 96.4 cm³/mol. The van der Waals surface area contributed by atoms with Crippen LogP contribution in [0.15, 0.2) is 53.4 Å². The van der Waals surface area contributed by atoms with Crippen molar-refractivity contribution in [2.45, 2.75) is 29.8 Å². The number of hydrogen-bond donors (Lipinski definition) is 2. The Bertz CT molecular complexity index is 852. The Morgan fingerprint density at radius 3 is 2.84 bits per heavy atom. The summed E-state index contributed by atoms with van der Waals surface area (Å²) in [5, 5.41) is 3.32. The number of ether oxygens (including phenoxy) is 1. The van der Waals surface area contributed by atoms with Crippen LogP contribution in [0.3, 0.4) is 0 Å². The van der Waals surface area contributed by atoms with E-state index in [1.165, 1.54) is 0 Å². The number of sulfonamides is 1. The Morgan fingerprint density at radius 2 is 2.00 bits per heavy atom. The first-order valence-electron chi connectivity index (χ1n) is 8.68. The van der Waals surface area contributed by atoms with Gasteiger partial charge in [0, 0.05) is 24.6 Å². The van der Waals surface area contributed by atoms with Crippen LogP contribution in [0.1, 0.15) is 23.5 Å². The third kappa shape index (κ3) is 3.42. The number of piperidine rings is 1. The average molecular weight is 358 g/mol. The van der Waals surface area contributed by atoms with Crippen LogP contribution < -0.4 is 14.8 Å². The van der Waals surface area contributed by atoms with Crippen molar-refractivity contribution < 1.29 is 13.2 Å². The van der Waals surface area contributed by atoms with E-state index in [0.717, 1.165) is 36.4 Å². The van der Waals surface area contributed by atoms with Gasteiger partial charge in [-0.3, -0.25) is 0 Å². The van der Waals surface area contributed by atoms with E-state index in [-0.39, 0.29) is 12.0 Å². The molecule has 0 aromatic heterocycles. The minimum absolute atomic E-state index is 0.118. The molecule has 2 aliphatic rings. The normalized spacial score (nSPS) is 22.1. The fourth-order valence-corrected chi connectivity index (χ4v) is 4.69. The minimum Gasteiger partial charge on any atom is -0.488 e. The molecule has 0 bridgehead atoms. The quantitative estimate of drug-likeness (QED) is 0.858. The number of hydrogen-bond acceptors (Lipinski definition) is 4. The number of fused-ring (bicyclic) bond motifs is 3. The van der Waals surface area contributed by atoms with Gasteiger partial charge in [0.15, 0.2) is 0 Å². The highest BCUT2D eigenvalue weighted by atomic mass is 32.2. The highest BCUT2D eigenvalue weighted by molar-refractivity contribution is 7.89. The summed E-state index contributed by atoms with van der Waals surface area (Å²) < 4.78 is 33.9. The smallest absolute Gasteiger partial charge is 0.240 e. The van der Waals surface area contributed by atoms with Crippen LogP contribution >= 0.6 is 0 Å². The van der Waals surface area contributed by atoms with Crippen molar-refractivity contribution in [3.8, 4) is 5.75 Å². The fraction of sp³-hybridized carbons (Fsp3) is 0.368. The summed E-state index contributed by atoms with van der Waals surface area (Å²) in [6.45, 7) is 2.14. The summed E-state index contributed by atoms with van der Waals surface area (Å²) in [7, 11) is -3.51. The summed E-state index contributed by atoms with van der Waals surface area (Å²) in [5.74, 6) is 1.11. The highest BCUT2D eigenvalue weighted by Crippen LogP contribution is 2.42. The van der Waals surface area contributed by atoms with E-state index in [4.69, 9.17) is 4.74 Å². The fourth-order valence-electron chi connectivity index (χ4n) is 3.62. The Balaban J connectivity index is 1.48.